The lowest BCUT2D eigenvalue weighted by atomic mass is 9.91. The van der Waals surface area contributed by atoms with Crippen LogP contribution in [0.15, 0.2) is 0 Å². The zero-order valence-corrected chi connectivity index (χ0v) is 19.6. The van der Waals surface area contributed by atoms with Gasteiger partial charge in [0, 0.05) is 25.1 Å². The van der Waals surface area contributed by atoms with Crippen molar-refractivity contribution in [3.05, 3.63) is 0 Å². The molecule has 0 aliphatic heterocycles. The second-order valence-electron chi connectivity index (χ2n) is 10.9. The lowest BCUT2D eigenvalue weighted by Gasteiger charge is -2.23. The standard InChI is InChI=1S/C21H40N2O3S.2CH4/c1-19(2,3)10-11-27-18(26)15(23-17(25)13-21(7,8)9)14-22-16(24)12-20(4,5)6;;/h15H,10-14H2,1-9H3,(H,22,24)(H,23,25);2*1H4. The lowest BCUT2D eigenvalue weighted by molar-refractivity contribution is -0.127. The van der Waals surface area contributed by atoms with Crippen LogP contribution in [0.1, 0.15) is 96.4 Å². The summed E-state index contributed by atoms with van der Waals surface area (Å²) < 4.78 is 0. The van der Waals surface area contributed by atoms with E-state index in [1.165, 1.54) is 11.8 Å². The van der Waals surface area contributed by atoms with E-state index in [2.05, 4.69) is 31.4 Å². The summed E-state index contributed by atoms with van der Waals surface area (Å²) in [5.41, 5.74) is -0.133. The number of thioether (sulfide) groups is 1. The number of hydrogen-bond donors (Lipinski definition) is 2. The Morgan fingerprint density at radius 2 is 1.21 bits per heavy atom. The minimum absolute atomic E-state index is 0. The Kier molecular flexibility index (Phi) is 15.0. The SMILES string of the molecule is C.C.CC(C)(C)CCSC(=O)C(CNC(=O)CC(C)(C)C)NC(=O)CC(C)(C)C. The first kappa shape index (κ1) is 32.6. The second-order valence-corrected chi connectivity index (χ2v) is 12.0. The Morgan fingerprint density at radius 1 is 0.759 bits per heavy atom. The molecule has 0 saturated heterocycles. The first-order valence-corrected chi connectivity index (χ1v) is 10.7. The van der Waals surface area contributed by atoms with E-state index < -0.39 is 6.04 Å². The van der Waals surface area contributed by atoms with E-state index >= 15 is 0 Å². The largest absolute Gasteiger partial charge is 0.354 e. The smallest absolute Gasteiger partial charge is 0.221 e. The molecule has 0 aliphatic rings. The van der Waals surface area contributed by atoms with Gasteiger partial charge in [-0.05, 0) is 22.7 Å². The lowest BCUT2D eigenvalue weighted by Crippen LogP contribution is -2.48. The maximum Gasteiger partial charge on any atom is 0.221 e. The van der Waals surface area contributed by atoms with Crippen LogP contribution < -0.4 is 10.6 Å². The molecule has 5 nitrogen and oxygen atoms in total. The fraction of sp³-hybridized carbons (Fsp3) is 0.870. The van der Waals surface area contributed by atoms with Gasteiger partial charge in [-0.25, -0.2) is 0 Å². The van der Waals surface area contributed by atoms with E-state index in [9.17, 15) is 14.4 Å². The van der Waals surface area contributed by atoms with Crippen molar-refractivity contribution in [3.63, 3.8) is 0 Å². The average Bonchev–Trinajstić information content (AvgIpc) is 2.37. The topological polar surface area (TPSA) is 75.3 Å². The van der Waals surface area contributed by atoms with E-state index in [0.29, 0.717) is 18.6 Å². The molecular formula is C23H48N2O3S. The van der Waals surface area contributed by atoms with E-state index in [1.54, 1.807) is 0 Å². The molecule has 2 N–H and O–H groups in total. The van der Waals surface area contributed by atoms with Crippen molar-refractivity contribution in [3.8, 4) is 0 Å². The van der Waals surface area contributed by atoms with Crippen LogP contribution in [-0.2, 0) is 14.4 Å². The zero-order valence-electron chi connectivity index (χ0n) is 18.7. The van der Waals surface area contributed by atoms with Crippen LogP contribution in [0.2, 0.25) is 0 Å². The molecule has 174 valence electrons. The van der Waals surface area contributed by atoms with E-state index in [1.807, 2.05) is 41.5 Å². The Hall–Kier alpha value is -1.04. The van der Waals surface area contributed by atoms with Crippen LogP contribution in [0.3, 0.4) is 0 Å². The van der Waals surface area contributed by atoms with E-state index in [4.69, 9.17) is 0 Å². The van der Waals surface area contributed by atoms with Gasteiger partial charge in [0.1, 0.15) is 6.04 Å². The van der Waals surface area contributed by atoms with Crippen molar-refractivity contribution in [2.45, 2.75) is 102 Å². The fourth-order valence-electron chi connectivity index (χ4n) is 2.24. The third kappa shape index (κ3) is 20.0. The molecule has 2 amide bonds. The van der Waals surface area contributed by atoms with Crippen LogP contribution in [0, 0.1) is 16.2 Å². The molecule has 0 aromatic carbocycles. The minimum Gasteiger partial charge on any atom is -0.354 e. The quantitative estimate of drug-likeness (QED) is 0.536. The van der Waals surface area contributed by atoms with Crippen LogP contribution in [0.5, 0.6) is 0 Å². The summed E-state index contributed by atoms with van der Waals surface area (Å²) in [4.78, 5) is 37.0. The van der Waals surface area contributed by atoms with Gasteiger partial charge in [-0.2, -0.15) is 0 Å². The summed E-state index contributed by atoms with van der Waals surface area (Å²) in [5, 5.41) is 5.52. The highest BCUT2D eigenvalue weighted by Gasteiger charge is 2.25. The molecule has 0 aromatic rings. The molecule has 0 radical (unpaired) electrons. The summed E-state index contributed by atoms with van der Waals surface area (Å²) in [6.45, 7) is 18.4. The van der Waals surface area contributed by atoms with Gasteiger partial charge in [0.15, 0.2) is 0 Å². The van der Waals surface area contributed by atoms with Crippen molar-refractivity contribution in [1.82, 2.24) is 10.6 Å². The summed E-state index contributed by atoms with van der Waals surface area (Å²) in [6.07, 6.45) is 1.61. The molecule has 0 bridgehead atoms. The van der Waals surface area contributed by atoms with Crippen molar-refractivity contribution < 1.29 is 14.4 Å². The van der Waals surface area contributed by atoms with Crippen LogP contribution in [0.4, 0.5) is 0 Å². The number of nitrogens with one attached hydrogen (secondary N) is 2. The third-order valence-corrected chi connectivity index (χ3v) is 4.58. The monoisotopic (exact) mass is 432 g/mol. The van der Waals surface area contributed by atoms with Crippen molar-refractivity contribution in [1.29, 1.82) is 0 Å². The van der Waals surface area contributed by atoms with Crippen LogP contribution in [-0.4, -0.2) is 35.3 Å². The van der Waals surface area contributed by atoms with Gasteiger partial charge in [-0.1, -0.05) is 88.9 Å². The normalized spacial score (nSPS) is 12.9. The fourth-order valence-corrected chi connectivity index (χ4v) is 3.50. The highest BCUT2D eigenvalue weighted by molar-refractivity contribution is 8.13. The van der Waals surface area contributed by atoms with Gasteiger partial charge in [0.2, 0.25) is 16.9 Å². The van der Waals surface area contributed by atoms with Gasteiger partial charge in [-0.3, -0.25) is 14.4 Å². The maximum absolute atomic E-state index is 12.6. The van der Waals surface area contributed by atoms with Gasteiger partial charge in [0.05, 0.1) is 0 Å². The molecule has 6 heteroatoms. The maximum atomic E-state index is 12.6. The molecule has 0 aliphatic carbocycles. The molecule has 0 spiro atoms. The van der Waals surface area contributed by atoms with Gasteiger partial charge < -0.3 is 10.6 Å². The van der Waals surface area contributed by atoms with Gasteiger partial charge in [0.25, 0.3) is 0 Å². The Balaban J connectivity index is -0.00000338. The van der Waals surface area contributed by atoms with Crippen molar-refractivity contribution in [2.75, 3.05) is 12.3 Å². The third-order valence-electron chi connectivity index (χ3n) is 3.60. The summed E-state index contributed by atoms with van der Waals surface area (Å²) >= 11 is 1.23. The number of carbonyl (C=O) groups is 3. The first-order chi connectivity index (χ1) is 12.0. The van der Waals surface area contributed by atoms with Crippen LogP contribution in [0.25, 0.3) is 0 Å². The molecule has 0 aromatic heterocycles. The van der Waals surface area contributed by atoms with Crippen molar-refractivity contribution in [2.24, 2.45) is 16.2 Å². The zero-order chi connectivity index (χ0) is 21.5. The number of hydrogen-bond acceptors (Lipinski definition) is 4. The van der Waals surface area contributed by atoms with E-state index in [0.717, 1.165) is 6.42 Å². The Bertz CT molecular complexity index is 512. The highest BCUT2D eigenvalue weighted by atomic mass is 32.2. The predicted octanol–water partition coefficient (Wildman–Crippen LogP) is 5.43. The highest BCUT2D eigenvalue weighted by Crippen LogP contribution is 2.23. The Morgan fingerprint density at radius 3 is 1.62 bits per heavy atom. The first-order valence-electron chi connectivity index (χ1n) is 9.71. The number of carbonyl (C=O) groups excluding carboxylic acids is 3. The molecule has 1 atom stereocenters. The predicted molar refractivity (Wildman–Crippen MR) is 128 cm³/mol. The molecule has 0 fully saturated rings. The molecule has 0 heterocycles. The number of amides is 2. The molecule has 1 unspecified atom stereocenters. The second kappa shape index (κ2) is 13.3. The number of rotatable bonds is 8. The average molecular weight is 433 g/mol. The summed E-state index contributed by atoms with van der Waals surface area (Å²) in [6, 6.07) is -0.700. The molecule has 29 heavy (non-hydrogen) atoms. The minimum atomic E-state index is -0.700. The van der Waals surface area contributed by atoms with Crippen molar-refractivity contribution >= 4 is 28.7 Å². The van der Waals surface area contributed by atoms with Gasteiger partial charge in [-0.15, -0.1) is 0 Å². The van der Waals surface area contributed by atoms with Gasteiger partial charge >= 0.3 is 0 Å². The summed E-state index contributed by atoms with van der Waals surface area (Å²) in [5.74, 6) is 0.427. The van der Waals surface area contributed by atoms with Crippen LogP contribution >= 0.6 is 11.8 Å². The molecular weight excluding hydrogens is 384 g/mol. The molecule has 0 saturated carbocycles. The Labute approximate surface area is 184 Å². The van der Waals surface area contributed by atoms with E-state index in [-0.39, 0.29) is 54.6 Å². The summed E-state index contributed by atoms with van der Waals surface area (Å²) in [7, 11) is 0. The molecule has 0 rings (SSSR count).